The first-order valence-electron chi connectivity index (χ1n) is 21.5. The lowest BCUT2D eigenvalue weighted by Gasteiger charge is -2.25. The molecule has 3 rings (SSSR count). The van der Waals surface area contributed by atoms with Crippen molar-refractivity contribution in [1.29, 1.82) is 0 Å². The number of phenolic OH excluding ortho intramolecular Hbond substituents is 1. The van der Waals surface area contributed by atoms with Crippen LogP contribution in [0.5, 0.6) is 5.75 Å². The second kappa shape index (κ2) is 27.2. The summed E-state index contributed by atoms with van der Waals surface area (Å²) in [6, 6.07) is 1.46. The van der Waals surface area contributed by atoms with Crippen molar-refractivity contribution in [2.24, 2.45) is 17.6 Å². The number of amides is 10. The van der Waals surface area contributed by atoms with Gasteiger partial charge in [-0.1, -0.05) is 32.4 Å². The molecule has 0 aliphatic carbocycles. The largest absolute Gasteiger partial charge is 0.508 e. The van der Waals surface area contributed by atoms with Crippen molar-refractivity contribution in [1.82, 2.24) is 48.0 Å². The number of aliphatic carboxylic acids is 1. The average Bonchev–Trinajstić information content (AvgIpc) is 3.81. The molecule has 14 N–H and O–H groups in total. The second-order valence-corrected chi connectivity index (χ2v) is 17.7. The fourth-order valence-electron chi connectivity index (χ4n) is 7.27. The molecule has 0 aromatic heterocycles. The van der Waals surface area contributed by atoms with E-state index in [9.17, 15) is 58.2 Å². The Morgan fingerprint density at radius 2 is 1.46 bits per heavy atom. The summed E-state index contributed by atoms with van der Waals surface area (Å²) in [4.78, 5) is 125. The van der Waals surface area contributed by atoms with Gasteiger partial charge in [-0.2, -0.15) is 11.8 Å². The molecular weight excluding hydrogens is 873 g/mol. The van der Waals surface area contributed by atoms with Crippen molar-refractivity contribution < 1.29 is 63.4 Å². The summed E-state index contributed by atoms with van der Waals surface area (Å²) in [5.41, 5.74) is 7.35. The van der Waals surface area contributed by atoms with Crippen LogP contribution in [0.2, 0.25) is 0 Å². The van der Waals surface area contributed by atoms with Gasteiger partial charge in [-0.15, -0.1) is 0 Å². The van der Waals surface area contributed by atoms with E-state index in [0.717, 1.165) is 18.6 Å². The molecule has 0 saturated carbocycles. The van der Waals surface area contributed by atoms with Gasteiger partial charge in [-0.05, 0) is 62.1 Å². The van der Waals surface area contributed by atoms with Gasteiger partial charge in [0.15, 0.2) is 0 Å². The Balaban J connectivity index is 1.45. The number of hydrogen-bond donors (Lipinski definition) is 13. The molecule has 2 heterocycles. The van der Waals surface area contributed by atoms with E-state index in [1.807, 2.05) is 11.8 Å². The van der Waals surface area contributed by atoms with Crippen LogP contribution in [0.4, 0.5) is 4.79 Å². The van der Waals surface area contributed by atoms with Gasteiger partial charge in [0.1, 0.15) is 23.9 Å². The first-order chi connectivity index (χ1) is 30.8. The van der Waals surface area contributed by atoms with Gasteiger partial charge in [0.2, 0.25) is 47.3 Å². The van der Waals surface area contributed by atoms with E-state index in [1.165, 1.54) is 29.7 Å². The zero-order chi connectivity index (χ0) is 48.1. The molecule has 0 bridgehead atoms. The van der Waals surface area contributed by atoms with Gasteiger partial charge in [-0.25, -0.2) is 10.3 Å². The average molecular weight is 935 g/mol. The zero-order valence-electron chi connectivity index (χ0n) is 36.4. The molecule has 2 fully saturated rings. The third-order valence-corrected chi connectivity index (χ3v) is 12.1. The van der Waals surface area contributed by atoms with Gasteiger partial charge >= 0.3 is 12.0 Å². The van der Waals surface area contributed by atoms with Crippen LogP contribution in [0.25, 0.3) is 0 Å². The van der Waals surface area contributed by atoms with Gasteiger partial charge in [0.25, 0.3) is 0 Å². The number of nitrogens with one attached hydrogen (secondary N) is 9. The van der Waals surface area contributed by atoms with Gasteiger partial charge in [0, 0.05) is 42.7 Å². The summed E-state index contributed by atoms with van der Waals surface area (Å²) < 4.78 is 0. The molecule has 0 radical (unpaired) electrons. The highest BCUT2D eigenvalue weighted by atomic mass is 32.2. The number of carboxylic acid groups (broad SMARTS) is 1. The third-order valence-electron chi connectivity index (χ3n) is 10.6. The van der Waals surface area contributed by atoms with Crippen LogP contribution < -0.4 is 53.7 Å². The molecular formula is C41H62N10O13S. The first kappa shape index (κ1) is 53.2. The minimum atomic E-state index is -1.72. The van der Waals surface area contributed by atoms with E-state index in [0.29, 0.717) is 43.0 Å². The van der Waals surface area contributed by atoms with Crippen LogP contribution in [-0.4, -0.2) is 136 Å². The molecule has 2 aliphatic rings. The van der Waals surface area contributed by atoms with Crippen LogP contribution in [0.1, 0.15) is 83.6 Å². The van der Waals surface area contributed by atoms with Crippen LogP contribution >= 0.6 is 11.8 Å². The van der Waals surface area contributed by atoms with Crippen LogP contribution in [0, 0.1) is 11.8 Å². The highest BCUT2D eigenvalue weighted by Crippen LogP contribution is 2.33. The Morgan fingerprint density at radius 1 is 0.769 bits per heavy atom. The second-order valence-electron chi connectivity index (χ2n) is 16.4. The lowest BCUT2D eigenvalue weighted by molar-refractivity contribution is -0.142. The molecule has 360 valence electrons. The summed E-state index contributed by atoms with van der Waals surface area (Å²) in [5, 5.41) is 49.0. The maximum Gasteiger partial charge on any atom is 0.315 e. The van der Waals surface area contributed by atoms with E-state index in [4.69, 9.17) is 10.9 Å². The molecule has 7 atom stereocenters. The topological polar surface area (TPSA) is 366 Å². The number of carbonyl (C=O) groups is 10. The molecule has 0 spiro atoms. The van der Waals surface area contributed by atoms with Gasteiger partial charge in [-0.3, -0.25) is 48.4 Å². The number of carbonyl (C=O) groups excluding carboxylic acids is 9. The van der Waals surface area contributed by atoms with E-state index >= 15 is 0 Å². The van der Waals surface area contributed by atoms with Crippen molar-refractivity contribution in [2.75, 3.05) is 25.4 Å². The first-order valence-corrected chi connectivity index (χ1v) is 22.5. The van der Waals surface area contributed by atoms with Gasteiger partial charge < -0.3 is 58.5 Å². The number of nitrogens with two attached hydrogens (primary N) is 1. The normalized spacial score (nSPS) is 18.0. The summed E-state index contributed by atoms with van der Waals surface area (Å²) in [7, 11) is 0. The predicted octanol–water partition coefficient (Wildman–Crippen LogP) is -1.85. The number of hydrogen-bond acceptors (Lipinski definition) is 13. The maximum absolute atomic E-state index is 13.5. The van der Waals surface area contributed by atoms with Crippen LogP contribution in [-0.2, 0) is 49.6 Å². The standard InChI is InChI=1S/C41H62N10O13S/c1-22(2)15-24(17-32(54)51-64)38(60)47-28(18-35(57)58)40(62)48-27(16-23-10-12-25(52)13-11-23)39(61)45-19-33(55)44-20-34(56)46-26(37(42)59)7-5-6-14-43-31(53)9-4-3-8-30-36-29(21-65-30)49-41(63)50-36/h10-13,22,24,26-30,36,52,64H,3-9,14-21H2,1-2H3,(H2,42,59)(H,43,53)(H,44,55)(H,45,61)(H,46,56)(H,47,60)(H,48,62)(H,51,54)(H,57,58)(H2,49,50,63)/t24?,26-,27-,28-,29-,30-,36-/m0/s1. The number of phenols is 1. The number of rotatable bonds is 29. The maximum atomic E-state index is 13.5. The molecule has 24 heteroatoms. The quantitative estimate of drug-likeness (QED) is 0.0182. The van der Waals surface area contributed by atoms with E-state index in [1.54, 1.807) is 13.8 Å². The molecule has 65 heavy (non-hydrogen) atoms. The smallest absolute Gasteiger partial charge is 0.315 e. The number of fused-ring (bicyclic) bond motifs is 1. The molecule has 1 unspecified atom stereocenters. The number of primary amides is 1. The minimum absolute atomic E-state index is 0.0893. The fraction of sp³-hybridized carbons (Fsp3) is 0.610. The number of unbranched alkanes of at least 4 members (excludes halogenated alkanes) is 2. The Labute approximate surface area is 380 Å². The number of thioether (sulfide) groups is 1. The predicted molar refractivity (Wildman–Crippen MR) is 233 cm³/mol. The number of benzene rings is 1. The van der Waals surface area contributed by atoms with Crippen molar-refractivity contribution in [3.63, 3.8) is 0 Å². The van der Waals surface area contributed by atoms with E-state index in [2.05, 4.69) is 42.5 Å². The fourth-order valence-corrected chi connectivity index (χ4v) is 8.81. The Kier molecular flexibility index (Phi) is 22.3. The lowest BCUT2D eigenvalue weighted by atomic mass is 9.92. The van der Waals surface area contributed by atoms with Crippen LogP contribution in [0.15, 0.2) is 24.3 Å². The van der Waals surface area contributed by atoms with Crippen molar-refractivity contribution in [3.05, 3.63) is 29.8 Å². The lowest BCUT2D eigenvalue weighted by Crippen LogP contribution is -2.56. The molecule has 10 amide bonds. The number of carboxylic acids is 1. The molecule has 1 aromatic rings. The summed E-state index contributed by atoms with van der Waals surface area (Å²) in [5.74, 6) is -8.06. The minimum Gasteiger partial charge on any atom is -0.508 e. The molecule has 2 saturated heterocycles. The summed E-state index contributed by atoms with van der Waals surface area (Å²) >= 11 is 1.82. The van der Waals surface area contributed by atoms with Crippen molar-refractivity contribution in [3.8, 4) is 5.75 Å². The Hall–Kier alpha value is -6.17. The Morgan fingerprint density at radius 3 is 2.12 bits per heavy atom. The molecule has 2 aliphatic heterocycles. The number of hydroxylamine groups is 1. The monoisotopic (exact) mass is 934 g/mol. The third kappa shape index (κ3) is 19.6. The van der Waals surface area contributed by atoms with Crippen LogP contribution in [0.3, 0.4) is 0 Å². The zero-order valence-corrected chi connectivity index (χ0v) is 37.3. The number of urea groups is 1. The summed E-state index contributed by atoms with van der Waals surface area (Å²) in [6.45, 7) is 2.60. The highest BCUT2D eigenvalue weighted by molar-refractivity contribution is 8.00. The van der Waals surface area contributed by atoms with Gasteiger partial charge in [0.05, 0.1) is 31.6 Å². The van der Waals surface area contributed by atoms with E-state index in [-0.39, 0.29) is 55.0 Å². The number of aromatic hydroxyl groups is 1. The summed E-state index contributed by atoms with van der Waals surface area (Å²) in [6.07, 6.45) is 2.47. The molecule has 1 aromatic carbocycles. The highest BCUT2D eigenvalue weighted by Gasteiger charge is 2.42. The van der Waals surface area contributed by atoms with Crippen molar-refractivity contribution in [2.45, 2.75) is 120 Å². The molecule has 23 nitrogen and oxygen atoms in total. The Bertz CT molecular complexity index is 1850. The van der Waals surface area contributed by atoms with Crippen molar-refractivity contribution >= 4 is 71.0 Å². The SMILES string of the molecule is CC(C)CC(CC(=O)NO)C(=O)N[C@@H](CC(=O)O)C(=O)N[C@@H](Cc1ccc(O)cc1)C(=O)NCC(=O)NCC(=O)N[C@@H](CCCCNC(=O)CCCC[C@@H]1SC[C@@H]2NC(=O)N[C@@H]21)C(N)=O. The van der Waals surface area contributed by atoms with E-state index < -0.39 is 97.3 Å².